The fourth-order valence-corrected chi connectivity index (χ4v) is 3.93. The molecule has 0 amide bonds. The topological polar surface area (TPSA) is 64.7 Å². The zero-order chi connectivity index (χ0) is 13.9. The molecule has 0 saturated heterocycles. The Bertz CT molecular complexity index is 532. The Balaban J connectivity index is 1.93. The summed E-state index contributed by atoms with van der Waals surface area (Å²) in [6.07, 6.45) is 0. The average Bonchev–Trinajstić information content (AvgIpc) is 2.94. The Hall–Kier alpha value is -0.600. The maximum Gasteiger partial charge on any atom is 0.237 e. The SMILES string of the molecule is CCSc1nnc(SCc2nc(C(C)(C)C)no2)s1. The van der Waals surface area contributed by atoms with Crippen molar-refractivity contribution in [3.63, 3.8) is 0 Å². The number of rotatable bonds is 5. The molecule has 0 fully saturated rings. The molecule has 0 bridgehead atoms. The van der Waals surface area contributed by atoms with Crippen molar-refractivity contribution in [3.8, 4) is 0 Å². The van der Waals surface area contributed by atoms with Crippen LogP contribution in [0.25, 0.3) is 0 Å². The molecule has 2 aromatic heterocycles. The van der Waals surface area contributed by atoms with Gasteiger partial charge in [0.1, 0.15) is 0 Å². The van der Waals surface area contributed by atoms with E-state index in [1.165, 1.54) is 0 Å². The number of aromatic nitrogens is 4. The first kappa shape index (κ1) is 14.8. The van der Waals surface area contributed by atoms with Gasteiger partial charge < -0.3 is 4.52 Å². The summed E-state index contributed by atoms with van der Waals surface area (Å²) in [7, 11) is 0. The molecule has 0 aliphatic heterocycles. The van der Waals surface area contributed by atoms with Crippen LogP contribution < -0.4 is 0 Å². The van der Waals surface area contributed by atoms with E-state index in [2.05, 4.69) is 48.0 Å². The van der Waals surface area contributed by atoms with E-state index in [-0.39, 0.29) is 5.41 Å². The molecular weight excluding hydrogens is 300 g/mol. The zero-order valence-electron chi connectivity index (χ0n) is 11.3. The lowest BCUT2D eigenvalue weighted by Gasteiger charge is -2.10. The molecule has 0 radical (unpaired) electrons. The van der Waals surface area contributed by atoms with Gasteiger partial charge in [0, 0.05) is 5.41 Å². The van der Waals surface area contributed by atoms with Crippen LogP contribution in [-0.4, -0.2) is 26.1 Å². The van der Waals surface area contributed by atoms with Crippen LogP contribution in [-0.2, 0) is 11.2 Å². The molecule has 19 heavy (non-hydrogen) atoms. The highest BCUT2D eigenvalue weighted by molar-refractivity contribution is 8.02. The summed E-state index contributed by atoms with van der Waals surface area (Å²) in [6, 6.07) is 0. The first-order valence-electron chi connectivity index (χ1n) is 5.91. The third-order valence-corrected chi connectivity index (χ3v) is 5.17. The molecule has 0 aromatic carbocycles. The fourth-order valence-electron chi connectivity index (χ4n) is 1.18. The highest BCUT2D eigenvalue weighted by Crippen LogP contribution is 2.30. The highest BCUT2D eigenvalue weighted by atomic mass is 32.2. The van der Waals surface area contributed by atoms with Crippen LogP contribution >= 0.6 is 34.9 Å². The van der Waals surface area contributed by atoms with Gasteiger partial charge in [-0.1, -0.05) is 67.7 Å². The molecule has 2 heterocycles. The Morgan fingerprint density at radius 1 is 1.16 bits per heavy atom. The minimum atomic E-state index is -0.0832. The van der Waals surface area contributed by atoms with Crippen molar-refractivity contribution < 1.29 is 4.52 Å². The molecule has 0 aliphatic rings. The minimum absolute atomic E-state index is 0.0832. The molecule has 0 aliphatic carbocycles. The van der Waals surface area contributed by atoms with E-state index >= 15 is 0 Å². The Kier molecular flexibility index (Phi) is 4.86. The highest BCUT2D eigenvalue weighted by Gasteiger charge is 2.21. The van der Waals surface area contributed by atoms with Crippen LogP contribution in [0.1, 0.15) is 39.4 Å². The summed E-state index contributed by atoms with van der Waals surface area (Å²) in [6.45, 7) is 8.29. The maximum atomic E-state index is 5.24. The lowest BCUT2D eigenvalue weighted by molar-refractivity contribution is 0.373. The molecule has 2 rings (SSSR count). The van der Waals surface area contributed by atoms with Gasteiger partial charge >= 0.3 is 0 Å². The second kappa shape index (κ2) is 6.23. The lowest BCUT2D eigenvalue weighted by Crippen LogP contribution is -2.13. The molecule has 0 unspecified atom stereocenters. The summed E-state index contributed by atoms with van der Waals surface area (Å²) in [5.74, 6) is 3.02. The summed E-state index contributed by atoms with van der Waals surface area (Å²) in [5, 5.41) is 12.2. The van der Waals surface area contributed by atoms with E-state index in [1.807, 2.05) is 0 Å². The maximum absolute atomic E-state index is 5.24. The van der Waals surface area contributed by atoms with Crippen molar-refractivity contribution in [1.29, 1.82) is 0 Å². The zero-order valence-corrected chi connectivity index (χ0v) is 13.8. The average molecular weight is 316 g/mol. The van der Waals surface area contributed by atoms with Gasteiger partial charge in [0.2, 0.25) is 5.89 Å². The number of thioether (sulfide) groups is 2. The van der Waals surface area contributed by atoms with E-state index in [0.717, 1.165) is 20.3 Å². The first-order valence-corrected chi connectivity index (χ1v) is 8.70. The normalized spacial score (nSPS) is 12.0. The standard InChI is InChI=1S/C11H16N4OS3/c1-5-17-9-13-14-10(19-9)18-6-7-12-8(15-16-7)11(2,3)4/h5-6H2,1-4H3. The minimum Gasteiger partial charge on any atom is -0.338 e. The summed E-state index contributed by atoms with van der Waals surface area (Å²) in [5.41, 5.74) is -0.0832. The van der Waals surface area contributed by atoms with E-state index in [1.54, 1.807) is 34.9 Å². The largest absolute Gasteiger partial charge is 0.338 e. The summed E-state index contributed by atoms with van der Waals surface area (Å²) < 4.78 is 7.18. The Morgan fingerprint density at radius 2 is 1.84 bits per heavy atom. The molecule has 8 heteroatoms. The van der Waals surface area contributed by atoms with Gasteiger partial charge in [-0.3, -0.25) is 0 Å². The van der Waals surface area contributed by atoms with E-state index in [9.17, 15) is 0 Å². The molecule has 0 atom stereocenters. The Labute approximate surface area is 125 Å². The van der Waals surface area contributed by atoms with Crippen molar-refractivity contribution in [2.75, 3.05) is 5.75 Å². The van der Waals surface area contributed by atoms with Crippen molar-refractivity contribution >= 4 is 34.9 Å². The van der Waals surface area contributed by atoms with Gasteiger partial charge in [-0.2, -0.15) is 4.98 Å². The predicted molar refractivity (Wildman–Crippen MR) is 78.9 cm³/mol. The van der Waals surface area contributed by atoms with E-state index < -0.39 is 0 Å². The Morgan fingerprint density at radius 3 is 2.42 bits per heavy atom. The number of hydrogen-bond donors (Lipinski definition) is 0. The van der Waals surface area contributed by atoms with Gasteiger partial charge in [-0.25, -0.2) is 0 Å². The summed E-state index contributed by atoms with van der Waals surface area (Å²) in [4.78, 5) is 4.39. The van der Waals surface area contributed by atoms with Crippen LogP contribution in [0.15, 0.2) is 13.2 Å². The van der Waals surface area contributed by atoms with Crippen LogP contribution in [0.4, 0.5) is 0 Å². The van der Waals surface area contributed by atoms with E-state index in [0.29, 0.717) is 11.6 Å². The van der Waals surface area contributed by atoms with Gasteiger partial charge in [-0.15, -0.1) is 10.2 Å². The molecule has 0 spiro atoms. The van der Waals surface area contributed by atoms with Gasteiger partial charge in [-0.05, 0) is 5.75 Å². The van der Waals surface area contributed by atoms with Gasteiger partial charge in [0.05, 0.1) is 5.75 Å². The molecule has 2 aromatic rings. The van der Waals surface area contributed by atoms with Crippen LogP contribution in [0, 0.1) is 0 Å². The number of hydrogen-bond acceptors (Lipinski definition) is 8. The molecule has 0 N–H and O–H groups in total. The van der Waals surface area contributed by atoms with Crippen LogP contribution in [0.5, 0.6) is 0 Å². The third-order valence-electron chi connectivity index (χ3n) is 2.11. The van der Waals surface area contributed by atoms with Gasteiger partial charge in [0.25, 0.3) is 0 Å². The lowest BCUT2D eigenvalue weighted by atomic mass is 9.96. The molecule has 104 valence electrons. The second-order valence-corrected chi connectivity index (χ2v) is 8.53. The number of nitrogens with zero attached hydrogens (tertiary/aromatic N) is 4. The fraction of sp³-hybridized carbons (Fsp3) is 0.636. The quantitative estimate of drug-likeness (QED) is 0.780. The smallest absolute Gasteiger partial charge is 0.237 e. The molecular formula is C11H16N4OS3. The predicted octanol–water partition coefficient (Wildman–Crippen LogP) is 3.62. The van der Waals surface area contributed by atoms with Crippen molar-refractivity contribution in [2.24, 2.45) is 0 Å². The van der Waals surface area contributed by atoms with Gasteiger partial charge in [0.15, 0.2) is 14.5 Å². The van der Waals surface area contributed by atoms with Crippen molar-refractivity contribution in [2.45, 2.75) is 47.5 Å². The van der Waals surface area contributed by atoms with Crippen LogP contribution in [0.2, 0.25) is 0 Å². The van der Waals surface area contributed by atoms with Crippen molar-refractivity contribution in [3.05, 3.63) is 11.7 Å². The molecule has 5 nitrogen and oxygen atoms in total. The first-order chi connectivity index (χ1) is 8.99. The van der Waals surface area contributed by atoms with Crippen LogP contribution in [0.3, 0.4) is 0 Å². The van der Waals surface area contributed by atoms with E-state index in [4.69, 9.17) is 4.52 Å². The summed E-state index contributed by atoms with van der Waals surface area (Å²) >= 11 is 4.89. The molecule has 0 saturated carbocycles. The second-order valence-electron chi connectivity index (χ2n) is 4.82. The monoisotopic (exact) mass is 316 g/mol. The van der Waals surface area contributed by atoms with Crippen molar-refractivity contribution in [1.82, 2.24) is 20.3 Å². The third kappa shape index (κ3) is 4.19.